The number of nitrogens with zero attached hydrogens (tertiary/aromatic N) is 5. The number of fused-ring (bicyclic) bond motifs is 1. The third-order valence-corrected chi connectivity index (χ3v) is 6.12. The van der Waals surface area contributed by atoms with Crippen molar-refractivity contribution in [2.45, 2.75) is 40.2 Å². The Morgan fingerprint density at radius 2 is 1.60 bits per heavy atom. The van der Waals surface area contributed by atoms with E-state index in [1.165, 1.54) is 12.0 Å². The molecule has 2 aromatic carbocycles. The normalized spacial score (nSPS) is 11.2. The fourth-order valence-electron chi connectivity index (χ4n) is 4.35. The van der Waals surface area contributed by atoms with Crippen LogP contribution in [0.3, 0.4) is 0 Å². The van der Waals surface area contributed by atoms with Crippen molar-refractivity contribution in [3.05, 3.63) is 47.9 Å². The second-order valence-electron chi connectivity index (χ2n) is 10.4. The molecule has 2 heterocycles. The molecule has 222 valence electrons. The number of hydrogen-bond donors (Lipinski definition) is 2. The lowest BCUT2D eigenvalue weighted by Gasteiger charge is -2.26. The van der Waals surface area contributed by atoms with Gasteiger partial charge in [-0.15, -0.1) is 5.10 Å². The van der Waals surface area contributed by atoms with Gasteiger partial charge in [0.05, 0.1) is 27.0 Å². The molecule has 4 rings (SSSR count). The number of ether oxygens (including phenoxy) is 4. The monoisotopic (exact) mass is 577 g/mol. The van der Waals surface area contributed by atoms with E-state index in [-0.39, 0.29) is 6.54 Å². The van der Waals surface area contributed by atoms with Crippen LogP contribution in [0.1, 0.15) is 32.3 Å². The Kier molecular flexibility index (Phi) is 8.41. The Bertz CT molecular complexity index is 1600. The van der Waals surface area contributed by atoms with E-state index in [9.17, 15) is 9.59 Å². The summed E-state index contributed by atoms with van der Waals surface area (Å²) in [5.41, 5.74) is 7.82. The number of hydrogen-bond acceptors (Lipinski definition) is 10. The van der Waals surface area contributed by atoms with Gasteiger partial charge in [0, 0.05) is 29.1 Å². The zero-order valence-electron chi connectivity index (χ0n) is 24.9. The Morgan fingerprint density at radius 1 is 0.976 bits per heavy atom. The summed E-state index contributed by atoms with van der Waals surface area (Å²) in [4.78, 5) is 35.1. The predicted molar refractivity (Wildman–Crippen MR) is 158 cm³/mol. The second kappa shape index (κ2) is 11.8. The summed E-state index contributed by atoms with van der Waals surface area (Å²) in [6.45, 7) is 8.62. The first kappa shape index (κ1) is 29.9. The van der Waals surface area contributed by atoms with Crippen molar-refractivity contribution < 1.29 is 28.5 Å². The standard InChI is InChI=1S/C29H35N7O6/c1-16-24-27(32-19-13-21(39-6)25(41-8)22(14-19)40-7)33-26(34-36(24)17(2)31-16)18-9-11-20(12-10-18)35(15-23(30)37)28(38)42-29(3,4)5/h9-14H,15H2,1-8H3,(H2,30,37)(H,32,33,34). The van der Waals surface area contributed by atoms with Gasteiger partial charge in [-0.3, -0.25) is 9.69 Å². The number of rotatable bonds is 9. The molecule has 13 nitrogen and oxygen atoms in total. The van der Waals surface area contributed by atoms with E-state index >= 15 is 0 Å². The Labute approximate surface area is 243 Å². The highest BCUT2D eigenvalue weighted by Gasteiger charge is 2.25. The number of aromatic nitrogens is 4. The maximum Gasteiger partial charge on any atom is 0.415 e. The van der Waals surface area contributed by atoms with Crippen LogP contribution in [-0.2, 0) is 9.53 Å². The molecule has 0 aliphatic carbocycles. The smallest absolute Gasteiger partial charge is 0.415 e. The number of carbonyl (C=O) groups excluding carboxylic acids is 2. The van der Waals surface area contributed by atoms with E-state index in [1.807, 2.05) is 13.8 Å². The quantitative estimate of drug-likeness (QED) is 0.292. The average Bonchev–Trinajstić information content (AvgIpc) is 3.23. The van der Waals surface area contributed by atoms with Crippen molar-refractivity contribution in [1.82, 2.24) is 19.6 Å². The zero-order chi connectivity index (χ0) is 30.8. The van der Waals surface area contributed by atoms with Crippen molar-refractivity contribution >= 4 is 34.7 Å². The number of benzene rings is 2. The highest BCUT2D eigenvalue weighted by Crippen LogP contribution is 2.41. The number of primary amides is 1. The SMILES string of the molecule is COc1cc(Nc2nc(-c3ccc(N(CC(N)=O)C(=O)OC(C)(C)C)cc3)nn3c(C)nc(C)c23)cc(OC)c1OC. The van der Waals surface area contributed by atoms with Crippen LogP contribution in [0.4, 0.5) is 22.0 Å². The van der Waals surface area contributed by atoms with E-state index in [0.29, 0.717) is 57.2 Å². The topological polar surface area (TPSA) is 155 Å². The number of imidazole rings is 1. The number of aryl methyl sites for hydroxylation is 2. The molecule has 4 aromatic rings. The molecule has 0 aliphatic rings. The molecule has 42 heavy (non-hydrogen) atoms. The van der Waals surface area contributed by atoms with Gasteiger partial charge in [0.2, 0.25) is 11.7 Å². The lowest BCUT2D eigenvalue weighted by atomic mass is 10.1. The maximum atomic E-state index is 12.8. The average molecular weight is 578 g/mol. The minimum Gasteiger partial charge on any atom is -0.493 e. The van der Waals surface area contributed by atoms with Crippen LogP contribution >= 0.6 is 0 Å². The third-order valence-electron chi connectivity index (χ3n) is 6.12. The van der Waals surface area contributed by atoms with Crippen molar-refractivity contribution in [3.8, 4) is 28.6 Å². The summed E-state index contributed by atoms with van der Waals surface area (Å²) >= 11 is 0. The van der Waals surface area contributed by atoms with E-state index in [1.54, 1.807) is 75.9 Å². The molecule has 0 fully saturated rings. The van der Waals surface area contributed by atoms with Gasteiger partial charge < -0.3 is 30.0 Å². The first-order valence-electron chi connectivity index (χ1n) is 13.1. The molecular formula is C29H35N7O6. The van der Waals surface area contributed by atoms with Gasteiger partial charge in [-0.05, 0) is 58.9 Å². The van der Waals surface area contributed by atoms with Gasteiger partial charge >= 0.3 is 6.09 Å². The van der Waals surface area contributed by atoms with Gasteiger partial charge in [0.1, 0.15) is 23.5 Å². The molecule has 3 N–H and O–H groups in total. The molecule has 0 spiro atoms. The Morgan fingerprint density at radius 3 is 2.12 bits per heavy atom. The molecular weight excluding hydrogens is 542 g/mol. The van der Waals surface area contributed by atoms with E-state index in [0.717, 1.165) is 5.69 Å². The molecule has 2 amide bonds. The highest BCUT2D eigenvalue weighted by atomic mass is 16.6. The molecule has 0 bridgehead atoms. The molecule has 2 aromatic heterocycles. The first-order valence-corrected chi connectivity index (χ1v) is 13.1. The van der Waals surface area contributed by atoms with Crippen molar-refractivity contribution in [3.63, 3.8) is 0 Å². The van der Waals surface area contributed by atoms with Crippen molar-refractivity contribution in [2.75, 3.05) is 38.1 Å². The Hall–Kier alpha value is -5.07. The largest absolute Gasteiger partial charge is 0.493 e. The fourth-order valence-corrected chi connectivity index (χ4v) is 4.35. The highest BCUT2D eigenvalue weighted by molar-refractivity contribution is 5.94. The lowest BCUT2D eigenvalue weighted by Crippen LogP contribution is -2.41. The number of carbonyl (C=O) groups is 2. The molecule has 0 radical (unpaired) electrons. The van der Waals surface area contributed by atoms with Crippen LogP contribution in [0.15, 0.2) is 36.4 Å². The summed E-state index contributed by atoms with van der Waals surface area (Å²) in [5.74, 6) is 2.32. The van der Waals surface area contributed by atoms with Crippen molar-refractivity contribution in [1.29, 1.82) is 0 Å². The van der Waals surface area contributed by atoms with Crippen molar-refractivity contribution in [2.24, 2.45) is 5.73 Å². The minimum absolute atomic E-state index is 0.340. The van der Waals surface area contributed by atoms with Crippen LogP contribution in [0.25, 0.3) is 16.9 Å². The van der Waals surface area contributed by atoms with E-state index in [4.69, 9.17) is 34.8 Å². The summed E-state index contributed by atoms with van der Waals surface area (Å²) in [6, 6.07) is 10.4. The van der Waals surface area contributed by atoms with Crippen LogP contribution in [0.2, 0.25) is 0 Å². The van der Waals surface area contributed by atoms with Gasteiger partial charge in [-0.1, -0.05) is 0 Å². The molecule has 0 saturated carbocycles. The second-order valence-corrected chi connectivity index (χ2v) is 10.4. The third kappa shape index (κ3) is 6.29. The minimum atomic E-state index is -0.752. The number of methoxy groups -OCH3 is 3. The van der Waals surface area contributed by atoms with Gasteiger partial charge in [0.25, 0.3) is 0 Å². The predicted octanol–water partition coefficient (Wildman–Crippen LogP) is 4.40. The summed E-state index contributed by atoms with van der Waals surface area (Å²) in [6.07, 6.45) is -0.687. The van der Waals surface area contributed by atoms with E-state index in [2.05, 4.69) is 10.3 Å². The zero-order valence-corrected chi connectivity index (χ0v) is 24.9. The molecule has 13 heteroatoms. The van der Waals surface area contributed by atoms with Gasteiger partial charge in [0.15, 0.2) is 23.1 Å². The van der Waals surface area contributed by atoms with Crippen LogP contribution < -0.4 is 30.2 Å². The summed E-state index contributed by atoms with van der Waals surface area (Å²) < 4.78 is 23.6. The molecule has 0 aliphatic heterocycles. The van der Waals surface area contributed by atoms with Crippen LogP contribution in [-0.4, -0.2) is 65.1 Å². The molecule has 0 saturated heterocycles. The maximum absolute atomic E-state index is 12.8. The number of nitrogens with one attached hydrogen (secondary N) is 1. The fraction of sp³-hybridized carbons (Fsp3) is 0.345. The summed E-state index contributed by atoms with van der Waals surface area (Å²) in [5, 5.41) is 8.08. The summed E-state index contributed by atoms with van der Waals surface area (Å²) in [7, 11) is 4.63. The van der Waals surface area contributed by atoms with Crippen LogP contribution in [0, 0.1) is 13.8 Å². The van der Waals surface area contributed by atoms with E-state index < -0.39 is 17.6 Å². The lowest BCUT2D eigenvalue weighted by molar-refractivity contribution is -0.116. The first-order chi connectivity index (χ1) is 19.8. The Balaban J connectivity index is 1.76. The van der Waals surface area contributed by atoms with Crippen LogP contribution in [0.5, 0.6) is 17.2 Å². The number of nitrogens with two attached hydrogens (primary N) is 1. The number of anilines is 3. The van der Waals surface area contributed by atoms with Gasteiger partial charge in [-0.25, -0.2) is 19.3 Å². The van der Waals surface area contributed by atoms with Gasteiger partial charge in [-0.2, -0.15) is 0 Å². The molecule has 0 atom stereocenters. The molecule has 0 unspecified atom stereocenters. The number of amides is 2.